The average molecular weight is 446 g/mol. The topological polar surface area (TPSA) is 64.0 Å². The van der Waals surface area contributed by atoms with Crippen molar-refractivity contribution in [2.45, 2.75) is 25.5 Å². The fourth-order valence-corrected chi connectivity index (χ4v) is 3.56. The number of hydrogen-bond donors (Lipinski definition) is 1. The molecule has 168 valence electrons. The van der Waals surface area contributed by atoms with Gasteiger partial charge in [0.05, 0.1) is 13.2 Å². The van der Waals surface area contributed by atoms with Gasteiger partial charge < -0.3 is 24.2 Å². The Balaban J connectivity index is 1.44. The molecule has 0 unspecified atom stereocenters. The first-order valence-electron chi connectivity index (χ1n) is 10.00. The molecule has 3 aromatic rings. The summed E-state index contributed by atoms with van der Waals surface area (Å²) in [6.45, 7) is 1.17. The third-order valence-electron chi connectivity index (χ3n) is 4.91. The van der Waals surface area contributed by atoms with Crippen molar-refractivity contribution in [3.63, 3.8) is 0 Å². The number of benzene rings is 2. The minimum Gasteiger partial charge on any atom is -0.472 e. The molecular formula is C23H21F3N2O4. The maximum absolute atomic E-state index is 12.4. The van der Waals surface area contributed by atoms with Crippen LogP contribution in [-0.4, -0.2) is 35.6 Å². The molecule has 0 bridgehead atoms. The van der Waals surface area contributed by atoms with Crippen molar-refractivity contribution in [1.29, 1.82) is 0 Å². The van der Waals surface area contributed by atoms with E-state index < -0.39 is 6.36 Å². The van der Waals surface area contributed by atoms with Crippen LogP contribution in [0, 0.1) is 0 Å². The number of halogens is 3. The van der Waals surface area contributed by atoms with Crippen LogP contribution in [0.4, 0.5) is 18.9 Å². The second kappa shape index (κ2) is 9.35. The van der Waals surface area contributed by atoms with E-state index in [1.54, 1.807) is 18.3 Å². The summed E-state index contributed by atoms with van der Waals surface area (Å²) in [5.74, 6) is 0.781. The standard InChI is InChI=1S/C23H21F3N2O4/c24-23(25,26)32-19-5-3-4-17(13-19)30-18-7-8-21(16(12-18)15-29)28-11-9-20(14-28)31-22-6-1-2-10-27-22/h1-8,10,12-13,20,29H,9,11,14-15H2/t20-/m0/s1. The van der Waals surface area contributed by atoms with Gasteiger partial charge in [0.25, 0.3) is 0 Å². The van der Waals surface area contributed by atoms with Gasteiger partial charge in [-0.2, -0.15) is 0 Å². The second-order valence-electron chi connectivity index (χ2n) is 7.22. The van der Waals surface area contributed by atoms with Gasteiger partial charge in [0.1, 0.15) is 23.4 Å². The zero-order valence-electron chi connectivity index (χ0n) is 17.0. The molecule has 6 nitrogen and oxygen atoms in total. The quantitative estimate of drug-likeness (QED) is 0.556. The maximum Gasteiger partial charge on any atom is 0.573 e. The molecule has 0 radical (unpaired) electrons. The molecule has 0 aliphatic carbocycles. The Morgan fingerprint density at radius 2 is 1.81 bits per heavy atom. The Morgan fingerprint density at radius 3 is 2.56 bits per heavy atom. The van der Waals surface area contributed by atoms with E-state index in [4.69, 9.17) is 9.47 Å². The van der Waals surface area contributed by atoms with E-state index in [1.807, 2.05) is 24.3 Å². The summed E-state index contributed by atoms with van der Waals surface area (Å²) in [6.07, 6.45) is -2.32. The maximum atomic E-state index is 12.4. The molecular weight excluding hydrogens is 425 g/mol. The van der Waals surface area contributed by atoms with Gasteiger partial charge in [0.2, 0.25) is 5.88 Å². The summed E-state index contributed by atoms with van der Waals surface area (Å²) in [4.78, 5) is 6.29. The normalized spacial score (nSPS) is 16.1. The van der Waals surface area contributed by atoms with E-state index in [9.17, 15) is 18.3 Å². The molecule has 9 heteroatoms. The van der Waals surface area contributed by atoms with Crippen LogP contribution >= 0.6 is 0 Å². The lowest BCUT2D eigenvalue weighted by Crippen LogP contribution is -2.25. The van der Waals surface area contributed by atoms with Gasteiger partial charge in [-0.15, -0.1) is 13.2 Å². The van der Waals surface area contributed by atoms with Crippen molar-refractivity contribution < 1.29 is 32.5 Å². The van der Waals surface area contributed by atoms with Gasteiger partial charge in [-0.05, 0) is 36.4 Å². The van der Waals surface area contributed by atoms with Crippen LogP contribution in [0.5, 0.6) is 23.1 Å². The number of ether oxygens (including phenoxy) is 3. The van der Waals surface area contributed by atoms with Crippen molar-refractivity contribution in [3.05, 3.63) is 72.4 Å². The molecule has 0 spiro atoms. The Labute approximate surface area is 182 Å². The summed E-state index contributed by atoms with van der Waals surface area (Å²) < 4.78 is 52.8. The summed E-state index contributed by atoms with van der Waals surface area (Å²) in [6, 6.07) is 16.0. The average Bonchev–Trinajstić information content (AvgIpc) is 3.21. The zero-order chi connectivity index (χ0) is 22.6. The first kappa shape index (κ1) is 21.8. The van der Waals surface area contributed by atoms with E-state index in [-0.39, 0.29) is 24.2 Å². The highest BCUT2D eigenvalue weighted by Crippen LogP contribution is 2.33. The molecule has 1 aliphatic heterocycles. The Kier molecular flexibility index (Phi) is 6.36. The van der Waals surface area contributed by atoms with E-state index >= 15 is 0 Å². The smallest absolute Gasteiger partial charge is 0.472 e. The number of aliphatic hydroxyl groups is 1. The van der Waals surface area contributed by atoms with Crippen LogP contribution < -0.4 is 19.1 Å². The fraction of sp³-hybridized carbons (Fsp3) is 0.261. The van der Waals surface area contributed by atoms with Crippen LogP contribution in [0.25, 0.3) is 0 Å². The van der Waals surface area contributed by atoms with Crippen LogP contribution in [0.3, 0.4) is 0 Å². The van der Waals surface area contributed by atoms with E-state index in [1.165, 1.54) is 18.2 Å². The fourth-order valence-electron chi connectivity index (χ4n) is 3.56. The lowest BCUT2D eigenvalue weighted by atomic mass is 10.1. The molecule has 32 heavy (non-hydrogen) atoms. The number of nitrogens with zero attached hydrogens (tertiary/aromatic N) is 2. The summed E-state index contributed by atoms with van der Waals surface area (Å²) >= 11 is 0. The Bertz CT molecular complexity index is 1050. The van der Waals surface area contributed by atoms with E-state index in [0.717, 1.165) is 24.7 Å². The van der Waals surface area contributed by atoms with Gasteiger partial charge in [-0.1, -0.05) is 12.1 Å². The molecule has 1 aromatic heterocycles. The predicted octanol–water partition coefficient (Wildman–Crippen LogP) is 4.92. The van der Waals surface area contributed by atoms with Gasteiger partial charge in [0.15, 0.2) is 0 Å². The molecule has 0 amide bonds. The molecule has 2 aromatic carbocycles. The monoisotopic (exact) mass is 446 g/mol. The number of hydrogen-bond acceptors (Lipinski definition) is 6. The summed E-state index contributed by atoms with van der Waals surface area (Å²) in [5.41, 5.74) is 1.49. The highest BCUT2D eigenvalue weighted by atomic mass is 19.4. The predicted molar refractivity (Wildman–Crippen MR) is 111 cm³/mol. The Morgan fingerprint density at radius 1 is 1.00 bits per heavy atom. The minimum atomic E-state index is -4.78. The first-order chi connectivity index (χ1) is 15.4. The van der Waals surface area contributed by atoms with Crippen LogP contribution in [-0.2, 0) is 6.61 Å². The van der Waals surface area contributed by atoms with Gasteiger partial charge in [-0.25, -0.2) is 4.98 Å². The lowest BCUT2D eigenvalue weighted by Gasteiger charge is -2.22. The second-order valence-corrected chi connectivity index (χ2v) is 7.22. The van der Waals surface area contributed by atoms with Gasteiger partial charge >= 0.3 is 6.36 Å². The molecule has 1 fully saturated rings. The number of aromatic nitrogens is 1. The van der Waals surface area contributed by atoms with E-state index in [2.05, 4.69) is 14.6 Å². The van der Waals surface area contributed by atoms with Crippen molar-refractivity contribution in [1.82, 2.24) is 4.98 Å². The molecule has 1 aliphatic rings. The van der Waals surface area contributed by atoms with Crippen molar-refractivity contribution in [2.24, 2.45) is 0 Å². The van der Waals surface area contributed by atoms with Crippen LogP contribution in [0.1, 0.15) is 12.0 Å². The number of anilines is 1. The van der Waals surface area contributed by atoms with Crippen molar-refractivity contribution in [2.75, 3.05) is 18.0 Å². The summed E-state index contributed by atoms with van der Waals surface area (Å²) in [7, 11) is 0. The van der Waals surface area contributed by atoms with Crippen LogP contribution in [0.15, 0.2) is 66.9 Å². The largest absolute Gasteiger partial charge is 0.573 e. The molecule has 2 heterocycles. The van der Waals surface area contributed by atoms with Crippen LogP contribution in [0.2, 0.25) is 0 Å². The Hall–Kier alpha value is -3.46. The number of pyridine rings is 1. The summed E-state index contributed by atoms with van der Waals surface area (Å²) in [5, 5.41) is 9.87. The number of rotatable bonds is 7. The molecule has 0 saturated carbocycles. The highest BCUT2D eigenvalue weighted by Gasteiger charge is 2.31. The first-order valence-corrected chi connectivity index (χ1v) is 10.00. The SMILES string of the molecule is OCc1cc(Oc2cccc(OC(F)(F)F)c2)ccc1N1CC[C@H](Oc2ccccn2)C1. The van der Waals surface area contributed by atoms with Crippen molar-refractivity contribution in [3.8, 4) is 23.1 Å². The minimum absolute atomic E-state index is 0.0243. The number of aliphatic hydroxyl groups excluding tert-OH is 1. The van der Waals surface area contributed by atoms with E-state index in [0.29, 0.717) is 23.7 Å². The molecule has 1 saturated heterocycles. The molecule has 1 atom stereocenters. The van der Waals surface area contributed by atoms with Gasteiger partial charge in [0, 0.05) is 42.5 Å². The molecule has 1 N–H and O–H groups in total. The molecule has 4 rings (SSSR count). The highest BCUT2D eigenvalue weighted by molar-refractivity contribution is 5.57. The lowest BCUT2D eigenvalue weighted by molar-refractivity contribution is -0.274. The third-order valence-corrected chi connectivity index (χ3v) is 4.91. The van der Waals surface area contributed by atoms with Gasteiger partial charge in [-0.3, -0.25) is 0 Å². The van der Waals surface area contributed by atoms with Crippen molar-refractivity contribution >= 4 is 5.69 Å². The third kappa shape index (κ3) is 5.61. The zero-order valence-corrected chi connectivity index (χ0v) is 17.0. The number of alkyl halides is 3.